The second kappa shape index (κ2) is 4.52. The van der Waals surface area contributed by atoms with E-state index in [1.807, 2.05) is 0 Å². The first-order valence-corrected chi connectivity index (χ1v) is 6.53. The first-order chi connectivity index (χ1) is 8.35. The van der Waals surface area contributed by atoms with E-state index in [4.69, 9.17) is 9.73 Å². The third-order valence-electron chi connectivity index (χ3n) is 3.76. The largest absolute Gasteiger partial charge is 0.497 e. The lowest BCUT2D eigenvalue weighted by Gasteiger charge is -2.18. The van der Waals surface area contributed by atoms with Crippen LogP contribution in [-0.2, 0) is 12.8 Å². The molecule has 90 valence electrons. The number of methoxy groups -OCH3 is 1. The Kier molecular flexibility index (Phi) is 2.87. The summed E-state index contributed by atoms with van der Waals surface area (Å²) >= 11 is 0. The maximum absolute atomic E-state index is 5.28. The van der Waals surface area contributed by atoms with Gasteiger partial charge in [-0.2, -0.15) is 0 Å². The van der Waals surface area contributed by atoms with Gasteiger partial charge in [0.15, 0.2) is 0 Å². The van der Waals surface area contributed by atoms with Gasteiger partial charge in [-0.25, -0.2) is 0 Å². The number of fused-ring (bicyclic) bond motifs is 1. The first-order valence-electron chi connectivity index (χ1n) is 6.53. The zero-order valence-electron chi connectivity index (χ0n) is 10.4. The van der Waals surface area contributed by atoms with Gasteiger partial charge in [-0.15, -0.1) is 0 Å². The molecule has 1 aromatic rings. The van der Waals surface area contributed by atoms with E-state index in [-0.39, 0.29) is 0 Å². The molecule has 1 saturated carbocycles. The van der Waals surface area contributed by atoms with Gasteiger partial charge >= 0.3 is 0 Å². The van der Waals surface area contributed by atoms with Crippen molar-refractivity contribution in [3.8, 4) is 5.75 Å². The fourth-order valence-electron chi connectivity index (χ4n) is 2.42. The lowest BCUT2D eigenvalue weighted by Crippen LogP contribution is -2.14. The Morgan fingerprint density at radius 3 is 2.88 bits per heavy atom. The summed E-state index contributed by atoms with van der Waals surface area (Å²) in [6.07, 6.45) is 6.09. The zero-order valence-corrected chi connectivity index (χ0v) is 10.4. The molecule has 0 saturated heterocycles. The van der Waals surface area contributed by atoms with Crippen molar-refractivity contribution in [1.29, 1.82) is 0 Å². The topological polar surface area (TPSA) is 21.6 Å². The minimum atomic E-state index is 0.897. The summed E-state index contributed by atoms with van der Waals surface area (Å²) in [6, 6.07) is 6.43. The summed E-state index contributed by atoms with van der Waals surface area (Å²) in [4.78, 5) is 4.78. The van der Waals surface area contributed by atoms with E-state index in [0.717, 1.165) is 37.5 Å². The molecule has 0 heterocycles. The maximum atomic E-state index is 5.28. The number of hydrogen-bond donors (Lipinski definition) is 0. The van der Waals surface area contributed by atoms with E-state index in [1.165, 1.54) is 29.7 Å². The van der Waals surface area contributed by atoms with E-state index >= 15 is 0 Å². The van der Waals surface area contributed by atoms with Crippen LogP contribution in [0.5, 0.6) is 5.75 Å². The van der Waals surface area contributed by atoms with Crippen LogP contribution in [0.25, 0.3) is 0 Å². The summed E-state index contributed by atoms with van der Waals surface area (Å²) < 4.78 is 5.28. The second-order valence-electron chi connectivity index (χ2n) is 5.16. The summed E-state index contributed by atoms with van der Waals surface area (Å²) in [7, 11) is 1.73. The summed E-state index contributed by atoms with van der Waals surface area (Å²) in [5.74, 6) is 1.86. The van der Waals surface area contributed by atoms with Crippen LogP contribution in [0.2, 0.25) is 0 Å². The van der Waals surface area contributed by atoms with Crippen LogP contribution < -0.4 is 4.74 Å². The Hall–Kier alpha value is -1.31. The van der Waals surface area contributed by atoms with Crippen molar-refractivity contribution < 1.29 is 4.74 Å². The molecule has 0 amide bonds. The van der Waals surface area contributed by atoms with Crippen LogP contribution in [0.1, 0.15) is 30.4 Å². The third kappa shape index (κ3) is 2.51. The molecule has 0 spiro atoms. The van der Waals surface area contributed by atoms with Crippen molar-refractivity contribution in [3.63, 3.8) is 0 Å². The molecule has 1 fully saturated rings. The molecule has 0 atom stereocenters. The molecule has 0 aromatic heterocycles. The highest BCUT2D eigenvalue weighted by Gasteiger charge is 2.21. The smallest absolute Gasteiger partial charge is 0.119 e. The quantitative estimate of drug-likeness (QED) is 0.780. The predicted molar refractivity (Wildman–Crippen MR) is 70.0 cm³/mol. The molecule has 0 unspecified atom stereocenters. The van der Waals surface area contributed by atoms with Crippen molar-refractivity contribution >= 4 is 5.71 Å². The van der Waals surface area contributed by atoms with Gasteiger partial charge in [0, 0.05) is 18.7 Å². The van der Waals surface area contributed by atoms with Gasteiger partial charge in [-0.3, -0.25) is 4.99 Å². The Balaban J connectivity index is 1.75. The van der Waals surface area contributed by atoms with Crippen LogP contribution in [0.4, 0.5) is 0 Å². The number of rotatable bonds is 3. The van der Waals surface area contributed by atoms with Gasteiger partial charge in [-0.1, -0.05) is 6.07 Å². The van der Waals surface area contributed by atoms with E-state index in [9.17, 15) is 0 Å². The molecule has 3 rings (SSSR count). The van der Waals surface area contributed by atoms with Gasteiger partial charge in [0.05, 0.1) is 7.11 Å². The normalized spacial score (nSPS) is 21.4. The highest BCUT2D eigenvalue weighted by atomic mass is 16.5. The molecule has 0 N–H and O–H groups in total. The fourth-order valence-corrected chi connectivity index (χ4v) is 2.42. The van der Waals surface area contributed by atoms with Crippen LogP contribution in [-0.4, -0.2) is 19.4 Å². The summed E-state index contributed by atoms with van der Waals surface area (Å²) in [6.45, 7) is 1.06. The van der Waals surface area contributed by atoms with Crippen LogP contribution in [0.3, 0.4) is 0 Å². The monoisotopic (exact) mass is 229 g/mol. The zero-order chi connectivity index (χ0) is 11.7. The molecule has 2 nitrogen and oxygen atoms in total. The minimum absolute atomic E-state index is 0.897. The highest BCUT2D eigenvalue weighted by Crippen LogP contribution is 2.30. The molecule has 0 bridgehead atoms. The molecule has 2 heteroatoms. The molecular weight excluding hydrogens is 210 g/mol. The number of aliphatic imine (C=N–C) groups is 1. The standard InChI is InChI=1S/C15H19NO/c1-17-15-7-5-12-4-6-14(8-13(12)9-15)16-10-11-2-3-11/h5,7,9,11H,2-4,6,8,10H2,1H3. The van der Waals surface area contributed by atoms with Crippen molar-refractivity contribution in [2.24, 2.45) is 10.9 Å². The number of nitrogens with zero attached hydrogens (tertiary/aromatic N) is 1. The fraction of sp³-hybridized carbons (Fsp3) is 0.533. The summed E-state index contributed by atoms with van der Waals surface area (Å²) in [5, 5.41) is 0. The molecule has 2 aliphatic carbocycles. The van der Waals surface area contributed by atoms with Crippen LogP contribution >= 0.6 is 0 Å². The van der Waals surface area contributed by atoms with E-state index < -0.39 is 0 Å². The number of ether oxygens (including phenoxy) is 1. The number of aryl methyl sites for hydroxylation is 1. The lowest BCUT2D eigenvalue weighted by molar-refractivity contribution is 0.414. The lowest BCUT2D eigenvalue weighted by atomic mass is 9.90. The van der Waals surface area contributed by atoms with Crippen molar-refractivity contribution in [1.82, 2.24) is 0 Å². The van der Waals surface area contributed by atoms with Gasteiger partial charge in [-0.05, 0) is 54.9 Å². The average Bonchev–Trinajstić information content (AvgIpc) is 3.19. The third-order valence-corrected chi connectivity index (χ3v) is 3.76. The minimum Gasteiger partial charge on any atom is -0.497 e. The molecule has 2 aliphatic rings. The van der Waals surface area contributed by atoms with Crippen molar-refractivity contribution in [2.75, 3.05) is 13.7 Å². The molecule has 1 aromatic carbocycles. The molecule has 0 radical (unpaired) electrons. The van der Waals surface area contributed by atoms with Gasteiger partial charge in [0.1, 0.15) is 5.75 Å². The van der Waals surface area contributed by atoms with Crippen molar-refractivity contribution in [3.05, 3.63) is 29.3 Å². The maximum Gasteiger partial charge on any atom is 0.119 e. The Morgan fingerprint density at radius 2 is 2.12 bits per heavy atom. The van der Waals surface area contributed by atoms with Crippen molar-refractivity contribution in [2.45, 2.75) is 32.1 Å². The van der Waals surface area contributed by atoms with E-state index in [2.05, 4.69) is 18.2 Å². The number of benzene rings is 1. The molecule has 17 heavy (non-hydrogen) atoms. The number of hydrogen-bond acceptors (Lipinski definition) is 2. The van der Waals surface area contributed by atoms with E-state index in [0.29, 0.717) is 0 Å². The SMILES string of the molecule is COc1ccc2c(c1)CC(=NCC1CC1)CC2. The highest BCUT2D eigenvalue weighted by molar-refractivity contribution is 5.88. The van der Waals surface area contributed by atoms with Gasteiger partial charge < -0.3 is 4.74 Å². The molecule has 0 aliphatic heterocycles. The first kappa shape index (κ1) is 10.8. The Morgan fingerprint density at radius 1 is 1.24 bits per heavy atom. The van der Waals surface area contributed by atoms with E-state index in [1.54, 1.807) is 7.11 Å². The predicted octanol–water partition coefficient (Wildman–Crippen LogP) is 3.03. The van der Waals surface area contributed by atoms with Gasteiger partial charge in [0.25, 0.3) is 0 Å². The second-order valence-corrected chi connectivity index (χ2v) is 5.16. The molecular formula is C15H19NO. The average molecular weight is 229 g/mol. The van der Waals surface area contributed by atoms with Gasteiger partial charge in [0.2, 0.25) is 0 Å². The summed E-state index contributed by atoms with van der Waals surface area (Å²) in [5.41, 5.74) is 4.26. The Bertz CT molecular complexity index is 446. The van der Waals surface area contributed by atoms with Crippen LogP contribution in [0, 0.1) is 5.92 Å². The Labute approximate surface area is 103 Å². The van der Waals surface area contributed by atoms with Crippen LogP contribution in [0.15, 0.2) is 23.2 Å².